The summed E-state index contributed by atoms with van der Waals surface area (Å²) in [5, 5.41) is 22.9. The zero-order valence-corrected chi connectivity index (χ0v) is 15.1. The first kappa shape index (κ1) is 20.5. The maximum absolute atomic E-state index is 11.6. The second-order valence-electron chi connectivity index (χ2n) is 6.78. The van der Waals surface area contributed by atoms with Crippen molar-refractivity contribution in [2.24, 2.45) is 0 Å². The molecule has 1 aromatic carbocycles. The summed E-state index contributed by atoms with van der Waals surface area (Å²) in [6.45, 7) is 9.07. The van der Waals surface area contributed by atoms with Crippen LogP contribution in [0.5, 0.6) is 0 Å². The van der Waals surface area contributed by atoms with E-state index in [0.29, 0.717) is 17.8 Å². The topological polar surface area (TPSA) is 88.0 Å². The maximum Gasteiger partial charge on any atom is 0.491 e. The normalized spacial score (nSPS) is 12.0. The van der Waals surface area contributed by atoms with Crippen molar-refractivity contribution in [2.45, 2.75) is 58.7 Å². The Bertz CT molecular complexity index is 525. The third-order valence-corrected chi connectivity index (χ3v) is 4.05. The molecule has 1 aromatic rings. The lowest BCUT2D eigenvalue weighted by atomic mass is 9.76. The summed E-state index contributed by atoms with van der Waals surface area (Å²) in [4.78, 5) is 11.6. The SMILES string of the molecule is CCCCOC(=O)Nc1ccc(B(O)OC(C)(C)C(C)(C)O)cc1. The van der Waals surface area contributed by atoms with Gasteiger partial charge in [0.25, 0.3) is 0 Å². The molecule has 0 aliphatic heterocycles. The van der Waals surface area contributed by atoms with Crippen LogP contribution in [0.25, 0.3) is 0 Å². The Balaban J connectivity index is 2.62. The first-order valence-electron chi connectivity index (χ1n) is 8.19. The van der Waals surface area contributed by atoms with Crippen LogP contribution >= 0.6 is 0 Å². The van der Waals surface area contributed by atoms with Crippen molar-refractivity contribution in [3.8, 4) is 0 Å². The summed E-state index contributed by atoms with van der Waals surface area (Å²) in [6, 6.07) is 6.60. The minimum atomic E-state index is -1.18. The number of ether oxygens (including phenoxy) is 1. The summed E-state index contributed by atoms with van der Waals surface area (Å²) < 4.78 is 10.6. The average molecular weight is 337 g/mol. The van der Waals surface area contributed by atoms with Crippen LogP contribution in [0.2, 0.25) is 0 Å². The highest BCUT2D eigenvalue weighted by Gasteiger charge is 2.39. The largest absolute Gasteiger partial charge is 0.491 e. The molecule has 0 atom stereocenters. The van der Waals surface area contributed by atoms with Gasteiger partial charge in [0.1, 0.15) is 0 Å². The fourth-order valence-corrected chi connectivity index (χ4v) is 1.69. The third-order valence-electron chi connectivity index (χ3n) is 4.05. The van der Waals surface area contributed by atoms with Crippen LogP contribution in [0, 0.1) is 0 Å². The highest BCUT2D eigenvalue weighted by molar-refractivity contribution is 6.60. The highest BCUT2D eigenvalue weighted by Crippen LogP contribution is 2.25. The fourth-order valence-electron chi connectivity index (χ4n) is 1.69. The monoisotopic (exact) mass is 337 g/mol. The number of carbonyl (C=O) groups is 1. The number of carbonyl (C=O) groups excluding carboxylic acids is 1. The van der Waals surface area contributed by atoms with Crippen molar-refractivity contribution < 1.29 is 24.3 Å². The minimum absolute atomic E-state index is 0.388. The Labute approximate surface area is 144 Å². The molecule has 7 heteroatoms. The van der Waals surface area contributed by atoms with E-state index in [1.807, 2.05) is 6.92 Å². The predicted molar refractivity (Wildman–Crippen MR) is 95.4 cm³/mol. The maximum atomic E-state index is 11.6. The van der Waals surface area contributed by atoms with Gasteiger partial charge in [0.05, 0.1) is 17.8 Å². The van der Waals surface area contributed by atoms with Gasteiger partial charge in [-0.15, -0.1) is 0 Å². The molecule has 0 bridgehead atoms. The van der Waals surface area contributed by atoms with Crippen molar-refractivity contribution in [1.29, 1.82) is 0 Å². The first-order valence-corrected chi connectivity index (χ1v) is 8.19. The second kappa shape index (κ2) is 8.51. The number of amides is 1. The molecular formula is C17H28BNO5. The van der Waals surface area contributed by atoms with E-state index in [2.05, 4.69) is 5.32 Å². The van der Waals surface area contributed by atoms with Crippen molar-refractivity contribution in [2.75, 3.05) is 11.9 Å². The number of anilines is 1. The summed E-state index contributed by atoms with van der Waals surface area (Å²) in [5.74, 6) is 0. The van der Waals surface area contributed by atoms with E-state index in [1.54, 1.807) is 52.0 Å². The summed E-state index contributed by atoms with van der Waals surface area (Å²) in [6.07, 6.45) is 1.28. The predicted octanol–water partition coefficient (Wildman–Crippen LogP) is 2.29. The van der Waals surface area contributed by atoms with Gasteiger partial charge in [-0.3, -0.25) is 5.32 Å². The van der Waals surface area contributed by atoms with Gasteiger partial charge in [-0.25, -0.2) is 4.79 Å². The molecule has 0 spiro atoms. The van der Waals surface area contributed by atoms with Crippen LogP contribution in [0.4, 0.5) is 10.5 Å². The lowest BCUT2D eigenvalue weighted by Crippen LogP contribution is -2.53. The van der Waals surface area contributed by atoms with Gasteiger partial charge in [0.2, 0.25) is 0 Å². The smallest absolute Gasteiger partial charge is 0.449 e. The van der Waals surface area contributed by atoms with Gasteiger partial charge in [0, 0.05) is 5.69 Å². The molecule has 0 aliphatic carbocycles. The van der Waals surface area contributed by atoms with Crippen LogP contribution < -0.4 is 10.8 Å². The van der Waals surface area contributed by atoms with E-state index in [1.165, 1.54) is 0 Å². The van der Waals surface area contributed by atoms with Crippen molar-refractivity contribution in [3.05, 3.63) is 24.3 Å². The number of nitrogens with one attached hydrogen (secondary N) is 1. The van der Waals surface area contributed by atoms with Crippen LogP contribution in [0.3, 0.4) is 0 Å². The molecule has 0 unspecified atom stereocenters. The molecule has 6 nitrogen and oxygen atoms in total. The van der Waals surface area contributed by atoms with Gasteiger partial charge in [-0.2, -0.15) is 0 Å². The van der Waals surface area contributed by atoms with E-state index in [0.717, 1.165) is 12.8 Å². The Morgan fingerprint density at radius 3 is 2.29 bits per heavy atom. The molecule has 0 saturated carbocycles. The number of rotatable bonds is 8. The lowest BCUT2D eigenvalue weighted by molar-refractivity contribution is -0.0982. The quantitative estimate of drug-likeness (QED) is 0.500. The van der Waals surface area contributed by atoms with Gasteiger partial charge in [-0.1, -0.05) is 25.5 Å². The van der Waals surface area contributed by atoms with Gasteiger partial charge in [0.15, 0.2) is 0 Å². The third kappa shape index (κ3) is 6.15. The van der Waals surface area contributed by atoms with E-state index in [4.69, 9.17) is 9.39 Å². The van der Waals surface area contributed by atoms with Crippen LogP contribution in [-0.4, -0.2) is 41.2 Å². The van der Waals surface area contributed by atoms with Crippen molar-refractivity contribution in [3.63, 3.8) is 0 Å². The number of hydrogen-bond donors (Lipinski definition) is 3. The van der Waals surface area contributed by atoms with Crippen LogP contribution in [0.1, 0.15) is 47.5 Å². The number of aliphatic hydroxyl groups is 1. The van der Waals surface area contributed by atoms with E-state index in [-0.39, 0.29) is 0 Å². The molecule has 3 N–H and O–H groups in total. The molecular weight excluding hydrogens is 309 g/mol. The molecule has 0 aliphatic rings. The van der Waals surface area contributed by atoms with E-state index >= 15 is 0 Å². The molecule has 1 amide bonds. The molecule has 0 aromatic heterocycles. The lowest BCUT2D eigenvalue weighted by Gasteiger charge is -2.38. The molecule has 0 fully saturated rings. The Morgan fingerprint density at radius 1 is 1.21 bits per heavy atom. The molecule has 134 valence electrons. The number of unbranched alkanes of at least 4 members (excludes halogenated alkanes) is 1. The summed E-state index contributed by atoms with van der Waals surface area (Å²) >= 11 is 0. The molecule has 0 heterocycles. The van der Waals surface area contributed by atoms with E-state index < -0.39 is 24.4 Å². The first-order chi connectivity index (χ1) is 11.1. The molecule has 0 saturated heterocycles. The minimum Gasteiger partial charge on any atom is -0.449 e. The zero-order valence-electron chi connectivity index (χ0n) is 15.1. The zero-order chi connectivity index (χ0) is 18.4. The molecule has 1 rings (SSSR count). The van der Waals surface area contributed by atoms with Gasteiger partial charge >= 0.3 is 13.2 Å². The standard InChI is InChI=1S/C17H28BNO5/c1-6-7-12-23-15(20)19-14-10-8-13(9-11-14)18(22)24-17(4,5)16(2,3)21/h8-11,21-22H,6-7,12H2,1-5H3,(H,19,20). The number of hydrogen-bond acceptors (Lipinski definition) is 5. The average Bonchev–Trinajstić information content (AvgIpc) is 2.46. The van der Waals surface area contributed by atoms with Crippen molar-refractivity contribution >= 4 is 24.4 Å². The van der Waals surface area contributed by atoms with E-state index in [9.17, 15) is 14.9 Å². The molecule has 0 radical (unpaired) electrons. The fraction of sp³-hybridized carbons (Fsp3) is 0.588. The van der Waals surface area contributed by atoms with Gasteiger partial charge in [-0.05, 0) is 51.7 Å². The Kier molecular flexibility index (Phi) is 7.26. The Hall–Kier alpha value is -1.57. The van der Waals surface area contributed by atoms with Crippen LogP contribution in [0.15, 0.2) is 24.3 Å². The van der Waals surface area contributed by atoms with Gasteiger partial charge < -0.3 is 19.5 Å². The summed E-state index contributed by atoms with van der Waals surface area (Å²) in [5.41, 5.74) is -0.962. The Morgan fingerprint density at radius 2 is 1.79 bits per heavy atom. The number of benzene rings is 1. The second-order valence-corrected chi connectivity index (χ2v) is 6.78. The summed E-state index contributed by atoms with van der Waals surface area (Å²) in [7, 11) is -1.18. The molecule has 24 heavy (non-hydrogen) atoms. The highest BCUT2D eigenvalue weighted by atomic mass is 16.6. The van der Waals surface area contributed by atoms with Crippen molar-refractivity contribution in [1.82, 2.24) is 0 Å². The van der Waals surface area contributed by atoms with Crippen LogP contribution in [-0.2, 0) is 9.39 Å².